The maximum absolute atomic E-state index is 5.89. The molecule has 0 saturated heterocycles. The fourth-order valence-corrected chi connectivity index (χ4v) is 1.60. The van der Waals surface area contributed by atoms with Crippen LogP contribution in [0.25, 0.3) is 11.1 Å². The van der Waals surface area contributed by atoms with Crippen molar-refractivity contribution >= 4 is 5.69 Å². The summed E-state index contributed by atoms with van der Waals surface area (Å²) < 4.78 is 5.12. The quantitative estimate of drug-likeness (QED) is 0.777. The summed E-state index contributed by atoms with van der Waals surface area (Å²) in [5.74, 6) is 0.865. The standard InChI is InChI=1S/C14H15NO/c1-10-3-4-12(9-14(10)15)11-5-7-13(16-2)8-6-11/h3-9H,15H2,1-2H3. The van der Waals surface area contributed by atoms with Gasteiger partial charge in [0.25, 0.3) is 0 Å². The molecule has 2 rings (SSSR count). The average Bonchev–Trinajstić information content (AvgIpc) is 2.33. The first-order valence-corrected chi connectivity index (χ1v) is 5.21. The van der Waals surface area contributed by atoms with Crippen molar-refractivity contribution < 1.29 is 4.74 Å². The van der Waals surface area contributed by atoms with Gasteiger partial charge in [-0.15, -0.1) is 0 Å². The highest BCUT2D eigenvalue weighted by Gasteiger charge is 2.00. The summed E-state index contributed by atoms with van der Waals surface area (Å²) in [4.78, 5) is 0. The smallest absolute Gasteiger partial charge is 0.118 e. The predicted octanol–water partition coefficient (Wildman–Crippen LogP) is 3.25. The summed E-state index contributed by atoms with van der Waals surface area (Å²) in [7, 11) is 1.67. The maximum atomic E-state index is 5.89. The van der Waals surface area contributed by atoms with Gasteiger partial charge < -0.3 is 10.5 Å². The van der Waals surface area contributed by atoms with Gasteiger partial charge in [-0.3, -0.25) is 0 Å². The number of hydrogen-bond acceptors (Lipinski definition) is 2. The van der Waals surface area contributed by atoms with Crippen LogP contribution in [0.5, 0.6) is 5.75 Å². The van der Waals surface area contributed by atoms with E-state index in [0.29, 0.717) is 0 Å². The van der Waals surface area contributed by atoms with Crippen LogP contribution in [0.15, 0.2) is 42.5 Å². The molecule has 0 saturated carbocycles. The molecule has 2 nitrogen and oxygen atoms in total. The fourth-order valence-electron chi connectivity index (χ4n) is 1.60. The van der Waals surface area contributed by atoms with Crippen LogP contribution in [0.1, 0.15) is 5.56 Å². The highest BCUT2D eigenvalue weighted by atomic mass is 16.5. The summed E-state index contributed by atoms with van der Waals surface area (Å²) in [5.41, 5.74) is 10.1. The van der Waals surface area contributed by atoms with Crippen LogP contribution in [0.2, 0.25) is 0 Å². The zero-order valence-electron chi connectivity index (χ0n) is 9.53. The van der Waals surface area contributed by atoms with E-state index < -0.39 is 0 Å². The third-order valence-electron chi connectivity index (χ3n) is 2.70. The number of rotatable bonds is 2. The number of methoxy groups -OCH3 is 1. The van der Waals surface area contributed by atoms with Crippen LogP contribution in [0.4, 0.5) is 5.69 Å². The lowest BCUT2D eigenvalue weighted by Gasteiger charge is -2.06. The highest BCUT2D eigenvalue weighted by molar-refractivity contribution is 5.69. The lowest BCUT2D eigenvalue weighted by atomic mass is 10.0. The first-order valence-electron chi connectivity index (χ1n) is 5.21. The van der Waals surface area contributed by atoms with Crippen molar-refractivity contribution in [3.63, 3.8) is 0 Å². The average molecular weight is 213 g/mol. The Morgan fingerprint density at radius 3 is 2.12 bits per heavy atom. The molecule has 16 heavy (non-hydrogen) atoms. The minimum absolute atomic E-state index is 0.827. The van der Waals surface area contributed by atoms with E-state index in [4.69, 9.17) is 10.5 Å². The van der Waals surface area contributed by atoms with E-state index in [1.54, 1.807) is 7.11 Å². The number of aryl methyl sites for hydroxylation is 1. The third kappa shape index (κ3) is 2.01. The van der Waals surface area contributed by atoms with Crippen LogP contribution in [0.3, 0.4) is 0 Å². The Labute approximate surface area is 95.7 Å². The van der Waals surface area contributed by atoms with Crippen molar-refractivity contribution in [1.82, 2.24) is 0 Å². The summed E-state index contributed by atoms with van der Waals surface area (Å²) in [6, 6.07) is 14.1. The number of hydrogen-bond donors (Lipinski definition) is 1. The van der Waals surface area contributed by atoms with Gasteiger partial charge >= 0.3 is 0 Å². The summed E-state index contributed by atoms with van der Waals surface area (Å²) in [6.45, 7) is 2.01. The molecule has 0 spiro atoms. The second-order valence-electron chi connectivity index (χ2n) is 3.80. The van der Waals surface area contributed by atoms with Crippen molar-refractivity contribution in [3.8, 4) is 16.9 Å². The minimum atomic E-state index is 0.827. The number of benzene rings is 2. The summed E-state index contributed by atoms with van der Waals surface area (Å²) in [5, 5.41) is 0. The van der Waals surface area contributed by atoms with Gasteiger partial charge in [0.1, 0.15) is 5.75 Å². The van der Waals surface area contributed by atoms with E-state index in [1.165, 1.54) is 0 Å². The normalized spacial score (nSPS) is 10.1. The van der Waals surface area contributed by atoms with Crippen molar-refractivity contribution in [2.24, 2.45) is 0 Å². The van der Waals surface area contributed by atoms with Crippen LogP contribution in [0, 0.1) is 6.92 Å². The molecular formula is C14H15NO. The molecule has 0 aromatic heterocycles. The minimum Gasteiger partial charge on any atom is -0.497 e. The maximum Gasteiger partial charge on any atom is 0.118 e. The Balaban J connectivity index is 2.38. The van der Waals surface area contributed by atoms with Gasteiger partial charge in [-0.25, -0.2) is 0 Å². The molecule has 82 valence electrons. The lowest BCUT2D eigenvalue weighted by Crippen LogP contribution is -1.90. The molecule has 0 radical (unpaired) electrons. The van der Waals surface area contributed by atoms with E-state index in [1.807, 2.05) is 43.3 Å². The molecule has 0 aliphatic rings. The first kappa shape index (κ1) is 10.6. The van der Waals surface area contributed by atoms with Gasteiger partial charge in [0, 0.05) is 5.69 Å². The van der Waals surface area contributed by atoms with Gasteiger partial charge in [-0.1, -0.05) is 24.3 Å². The molecule has 2 N–H and O–H groups in total. The van der Waals surface area contributed by atoms with E-state index in [-0.39, 0.29) is 0 Å². The molecule has 0 aliphatic carbocycles. The first-order chi connectivity index (χ1) is 7.70. The monoisotopic (exact) mass is 213 g/mol. The molecule has 0 atom stereocenters. The molecular weight excluding hydrogens is 198 g/mol. The number of ether oxygens (including phenoxy) is 1. The van der Waals surface area contributed by atoms with Crippen molar-refractivity contribution in [3.05, 3.63) is 48.0 Å². The highest BCUT2D eigenvalue weighted by Crippen LogP contribution is 2.25. The molecule has 0 fully saturated rings. The van der Waals surface area contributed by atoms with Crippen LogP contribution < -0.4 is 10.5 Å². The zero-order chi connectivity index (χ0) is 11.5. The van der Waals surface area contributed by atoms with Crippen LogP contribution in [-0.2, 0) is 0 Å². The van der Waals surface area contributed by atoms with Gasteiger partial charge in [-0.2, -0.15) is 0 Å². The molecule has 0 bridgehead atoms. The molecule has 2 aromatic carbocycles. The lowest BCUT2D eigenvalue weighted by molar-refractivity contribution is 0.415. The largest absolute Gasteiger partial charge is 0.497 e. The molecule has 2 aromatic rings. The number of nitrogen functional groups attached to an aromatic ring is 1. The SMILES string of the molecule is COc1ccc(-c2ccc(C)c(N)c2)cc1. The topological polar surface area (TPSA) is 35.2 Å². The summed E-state index contributed by atoms with van der Waals surface area (Å²) >= 11 is 0. The summed E-state index contributed by atoms with van der Waals surface area (Å²) in [6.07, 6.45) is 0. The Kier molecular flexibility index (Phi) is 2.82. The van der Waals surface area contributed by atoms with E-state index in [9.17, 15) is 0 Å². The van der Waals surface area contributed by atoms with E-state index in [2.05, 4.69) is 6.07 Å². The van der Waals surface area contributed by atoms with Gasteiger partial charge in [0.2, 0.25) is 0 Å². The van der Waals surface area contributed by atoms with Gasteiger partial charge in [0.05, 0.1) is 7.11 Å². The van der Waals surface area contributed by atoms with Crippen LogP contribution >= 0.6 is 0 Å². The van der Waals surface area contributed by atoms with E-state index >= 15 is 0 Å². The molecule has 0 unspecified atom stereocenters. The second-order valence-corrected chi connectivity index (χ2v) is 3.80. The molecule has 0 aliphatic heterocycles. The molecule has 0 heterocycles. The Bertz CT molecular complexity index is 489. The van der Waals surface area contributed by atoms with Gasteiger partial charge in [0.15, 0.2) is 0 Å². The van der Waals surface area contributed by atoms with E-state index in [0.717, 1.165) is 28.1 Å². The number of nitrogens with two attached hydrogens (primary N) is 1. The Morgan fingerprint density at radius 2 is 1.56 bits per heavy atom. The van der Waals surface area contributed by atoms with Crippen molar-refractivity contribution in [2.75, 3.05) is 12.8 Å². The Hall–Kier alpha value is -1.96. The molecule has 0 amide bonds. The fraction of sp³-hybridized carbons (Fsp3) is 0.143. The van der Waals surface area contributed by atoms with Crippen molar-refractivity contribution in [1.29, 1.82) is 0 Å². The predicted molar refractivity (Wildman–Crippen MR) is 67.6 cm³/mol. The third-order valence-corrected chi connectivity index (χ3v) is 2.70. The van der Waals surface area contributed by atoms with Gasteiger partial charge in [-0.05, 0) is 41.8 Å². The zero-order valence-corrected chi connectivity index (χ0v) is 9.53. The van der Waals surface area contributed by atoms with Crippen molar-refractivity contribution in [2.45, 2.75) is 6.92 Å². The second kappa shape index (κ2) is 4.27. The number of anilines is 1. The Morgan fingerprint density at radius 1 is 0.938 bits per heavy atom. The molecule has 2 heteroatoms. The van der Waals surface area contributed by atoms with Crippen LogP contribution in [-0.4, -0.2) is 7.11 Å².